The van der Waals surface area contributed by atoms with Crippen LogP contribution in [-0.4, -0.2) is 52.1 Å². The minimum Gasteiger partial charge on any atom is -0.481 e. The van der Waals surface area contributed by atoms with Crippen LogP contribution < -0.4 is 11.1 Å². The van der Waals surface area contributed by atoms with Gasteiger partial charge in [-0.05, 0) is 19.3 Å². The number of rotatable bonds is 19. The SMILES string of the molecule is CCCCCCCCCCCC(=O)N[C@@H](CCC(=O)O)C(=O)OC(=O)CC[C@H](N)C(=O)O. The molecule has 1 amide bonds. The summed E-state index contributed by atoms with van der Waals surface area (Å²) < 4.78 is 4.64. The first-order chi connectivity index (χ1) is 15.2. The Bertz CT molecular complexity index is 609. The van der Waals surface area contributed by atoms with Gasteiger partial charge in [-0.15, -0.1) is 0 Å². The Morgan fingerprint density at radius 1 is 0.812 bits per heavy atom. The van der Waals surface area contributed by atoms with Gasteiger partial charge in [0.1, 0.15) is 12.1 Å². The second-order valence-electron chi connectivity index (χ2n) is 7.91. The minimum absolute atomic E-state index is 0.189. The lowest BCUT2D eigenvalue weighted by atomic mass is 10.1. The molecule has 184 valence electrons. The van der Waals surface area contributed by atoms with Gasteiger partial charge in [-0.25, -0.2) is 4.79 Å². The number of carbonyl (C=O) groups is 5. The summed E-state index contributed by atoms with van der Waals surface area (Å²) in [6.07, 6.45) is 8.76. The summed E-state index contributed by atoms with van der Waals surface area (Å²) in [6.45, 7) is 2.17. The van der Waals surface area contributed by atoms with Crippen LogP contribution in [0.25, 0.3) is 0 Å². The maximum atomic E-state index is 12.2. The number of carbonyl (C=O) groups excluding carboxylic acids is 3. The zero-order valence-electron chi connectivity index (χ0n) is 19.0. The Kier molecular flexibility index (Phi) is 16.7. The van der Waals surface area contributed by atoms with E-state index in [1.807, 2.05) is 0 Å². The van der Waals surface area contributed by atoms with Gasteiger partial charge in [0.05, 0.1) is 0 Å². The lowest BCUT2D eigenvalue weighted by Gasteiger charge is -2.16. The average molecular weight is 459 g/mol. The van der Waals surface area contributed by atoms with Crippen LogP contribution in [0.5, 0.6) is 0 Å². The molecule has 0 aromatic carbocycles. The van der Waals surface area contributed by atoms with E-state index in [0.717, 1.165) is 19.3 Å². The molecule has 0 radical (unpaired) electrons. The summed E-state index contributed by atoms with van der Waals surface area (Å²) >= 11 is 0. The van der Waals surface area contributed by atoms with Gasteiger partial charge in [0.25, 0.3) is 0 Å². The molecule has 0 fully saturated rings. The molecule has 0 spiro atoms. The summed E-state index contributed by atoms with van der Waals surface area (Å²) in [5.41, 5.74) is 5.29. The summed E-state index contributed by atoms with van der Waals surface area (Å²) in [7, 11) is 0. The normalized spacial score (nSPS) is 12.6. The molecule has 0 bridgehead atoms. The number of unbranched alkanes of at least 4 members (excludes halogenated alkanes) is 8. The first kappa shape index (κ1) is 29.5. The maximum Gasteiger partial charge on any atom is 0.336 e. The van der Waals surface area contributed by atoms with Crippen molar-refractivity contribution in [1.29, 1.82) is 0 Å². The number of hydrogen-bond donors (Lipinski definition) is 4. The second-order valence-corrected chi connectivity index (χ2v) is 7.91. The molecule has 32 heavy (non-hydrogen) atoms. The van der Waals surface area contributed by atoms with Crippen LogP contribution in [0.4, 0.5) is 0 Å². The Labute approximate surface area is 189 Å². The average Bonchev–Trinajstić information content (AvgIpc) is 2.73. The fourth-order valence-corrected chi connectivity index (χ4v) is 3.01. The number of nitrogens with two attached hydrogens (primary N) is 1. The van der Waals surface area contributed by atoms with Crippen LogP contribution in [0.2, 0.25) is 0 Å². The standard InChI is InChI=1S/C22H38N2O8/c1-2-3-4-5-6-7-8-9-10-11-18(25)24-17(13-14-19(26)27)22(31)32-20(28)15-12-16(23)21(29)30/h16-17H,2-15,23H2,1H3,(H,24,25)(H,26,27)(H,29,30)/t16-,17-/m0/s1. The molecule has 0 rings (SSSR count). The highest BCUT2D eigenvalue weighted by Gasteiger charge is 2.26. The largest absolute Gasteiger partial charge is 0.481 e. The third kappa shape index (κ3) is 16.2. The van der Waals surface area contributed by atoms with E-state index in [2.05, 4.69) is 17.0 Å². The van der Waals surface area contributed by atoms with E-state index in [0.29, 0.717) is 6.42 Å². The van der Waals surface area contributed by atoms with Crippen molar-refractivity contribution in [2.24, 2.45) is 5.73 Å². The van der Waals surface area contributed by atoms with Crippen molar-refractivity contribution in [1.82, 2.24) is 5.32 Å². The minimum atomic E-state index is -1.28. The topological polar surface area (TPSA) is 173 Å². The van der Waals surface area contributed by atoms with Gasteiger partial charge in [0, 0.05) is 19.3 Å². The van der Waals surface area contributed by atoms with Gasteiger partial charge in [-0.1, -0.05) is 58.3 Å². The van der Waals surface area contributed by atoms with Gasteiger partial charge in [0.2, 0.25) is 5.91 Å². The van der Waals surface area contributed by atoms with Crippen molar-refractivity contribution in [2.75, 3.05) is 0 Å². The van der Waals surface area contributed by atoms with Crippen LogP contribution in [0, 0.1) is 0 Å². The van der Waals surface area contributed by atoms with E-state index >= 15 is 0 Å². The third-order valence-electron chi connectivity index (χ3n) is 4.97. The molecule has 0 aliphatic carbocycles. The molecule has 0 heterocycles. The summed E-state index contributed by atoms with van der Waals surface area (Å²) in [4.78, 5) is 57.6. The molecule has 0 aromatic rings. The number of esters is 2. The molecule has 0 aliphatic heterocycles. The highest BCUT2D eigenvalue weighted by Crippen LogP contribution is 2.11. The first-order valence-electron chi connectivity index (χ1n) is 11.4. The lowest BCUT2D eigenvalue weighted by molar-refractivity contribution is -0.162. The lowest BCUT2D eigenvalue weighted by Crippen LogP contribution is -2.43. The van der Waals surface area contributed by atoms with Gasteiger partial charge < -0.3 is 26.0 Å². The molecule has 0 saturated carbocycles. The highest BCUT2D eigenvalue weighted by molar-refractivity contribution is 5.91. The summed E-state index contributed by atoms with van der Waals surface area (Å²) in [6, 6.07) is -2.54. The quantitative estimate of drug-likeness (QED) is 0.129. The summed E-state index contributed by atoms with van der Waals surface area (Å²) in [5, 5.41) is 20.0. The van der Waals surface area contributed by atoms with Crippen molar-refractivity contribution in [3.05, 3.63) is 0 Å². The molecule has 10 nitrogen and oxygen atoms in total. The zero-order chi connectivity index (χ0) is 24.4. The first-order valence-corrected chi connectivity index (χ1v) is 11.4. The van der Waals surface area contributed by atoms with Crippen LogP contribution in [0.15, 0.2) is 0 Å². The van der Waals surface area contributed by atoms with Crippen LogP contribution in [-0.2, 0) is 28.7 Å². The Morgan fingerprint density at radius 3 is 1.91 bits per heavy atom. The number of carboxylic acids is 2. The Hall–Kier alpha value is -2.49. The maximum absolute atomic E-state index is 12.2. The van der Waals surface area contributed by atoms with Crippen molar-refractivity contribution < 1.29 is 38.9 Å². The number of nitrogens with one attached hydrogen (secondary N) is 1. The van der Waals surface area contributed by atoms with Crippen molar-refractivity contribution in [3.8, 4) is 0 Å². The molecule has 5 N–H and O–H groups in total. The molecule has 0 aromatic heterocycles. The Balaban J connectivity index is 4.36. The molecule has 10 heteroatoms. The van der Waals surface area contributed by atoms with Gasteiger partial charge in [0.15, 0.2) is 0 Å². The molecule has 2 atom stereocenters. The van der Waals surface area contributed by atoms with E-state index in [4.69, 9.17) is 15.9 Å². The molecule has 0 aliphatic rings. The predicted molar refractivity (Wildman–Crippen MR) is 117 cm³/mol. The van der Waals surface area contributed by atoms with E-state index in [9.17, 15) is 24.0 Å². The molecule has 0 unspecified atom stereocenters. The van der Waals surface area contributed by atoms with Crippen LogP contribution in [0.3, 0.4) is 0 Å². The second kappa shape index (κ2) is 18.1. The zero-order valence-corrected chi connectivity index (χ0v) is 19.0. The van der Waals surface area contributed by atoms with Gasteiger partial charge in [-0.2, -0.15) is 0 Å². The van der Waals surface area contributed by atoms with Crippen molar-refractivity contribution in [3.63, 3.8) is 0 Å². The number of carboxylic acid groups (broad SMARTS) is 2. The third-order valence-corrected chi connectivity index (χ3v) is 4.97. The fraction of sp³-hybridized carbons (Fsp3) is 0.773. The van der Waals surface area contributed by atoms with E-state index in [-0.39, 0.29) is 19.3 Å². The highest BCUT2D eigenvalue weighted by atomic mass is 16.6. The van der Waals surface area contributed by atoms with Crippen molar-refractivity contribution >= 4 is 29.8 Å². The van der Waals surface area contributed by atoms with Gasteiger partial charge >= 0.3 is 23.9 Å². The monoisotopic (exact) mass is 458 g/mol. The number of ether oxygens (including phenoxy) is 1. The fourth-order valence-electron chi connectivity index (χ4n) is 3.01. The summed E-state index contributed by atoms with van der Waals surface area (Å²) in [5.74, 6) is -4.91. The number of aliphatic carboxylic acids is 2. The molecular formula is C22H38N2O8. The van der Waals surface area contributed by atoms with E-state index in [1.54, 1.807) is 0 Å². The van der Waals surface area contributed by atoms with Crippen LogP contribution >= 0.6 is 0 Å². The van der Waals surface area contributed by atoms with Crippen LogP contribution in [0.1, 0.15) is 96.8 Å². The molecule has 0 saturated heterocycles. The van der Waals surface area contributed by atoms with E-state index in [1.165, 1.54) is 32.1 Å². The smallest absolute Gasteiger partial charge is 0.336 e. The predicted octanol–water partition coefficient (Wildman–Crippen LogP) is 2.52. The molecular weight excluding hydrogens is 420 g/mol. The number of amides is 1. The van der Waals surface area contributed by atoms with Crippen molar-refractivity contribution in [2.45, 2.75) is 109 Å². The Morgan fingerprint density at radius 2 is 1.38 bits per heavy atom. The van der Waals surface area contributed by atoms with E-state index < -0.39 is 54.7 Å². The number of hydrogen-bond acceptors (Lipinski definition) is 7. The van der Waals surface area contributed by atoms with Gasteiger partial charge in [-0.3, -0.25) is 19.2 Å².